The lowest BCUT2D eigenvalue weighted by Gasteiger charge is -2.46. The van der Waals surface area contributed by atoms with Gasteiger partial charge in [0.25, 0.3) is 0 Å². The van der Waals surface area contributed by atoms with Crippen LogP contribution in [0.1, 0.15) is 277 Å². The number of carbonyl (C=O) groups is 1. The van der Waals surface area contributed by atoms with Gasteiger partial charge in [0.05, 0.1) is 32.0 Å². The Morgan fingerprint density at radius 2 is 0.827 bits per heavy atom. The summed E-state index contributed by atoms with van der Waals surface area (Å²) in [5.74, 6) is -0.237. The van der Waals surface area contributed by atoms with Crippen molar-refractivity contribution in [3.63, 3.8) is 0 Å². The largest absolute Gasteiger partial charge is 0.394 e. The summed E-state index contributed by atoms with van der Waals surface area (Å²) in [6.07, 6.45) is 38.9. The summed E-state index contributed by atoms with van der Waals surface area (Å²) in [4.78, 5) is 13.2. The van der Waals surface area contributed by atoms with E-state index in [1.165, 1.54) is 205 Å². The average molecular weight is 1070 g/mol. The Kier molecular flexibility index (Phi) is 44.3. The molecular weight excluding hydrogens is 955 g/mol. The monoisotopic (exact) mass is 1070 g/mol. The van der Waals surface area contributed by atoms with Gasteiger partial charge < -0.3 is 65.1 Å². The molecule has 14 heteroatoms. The molecule has 0 spiro atoms. The molecule has 0 aliphatic carbocycles. The fourth-order valence-electron chi connectivity index (χ4n) is 10.6. The van der Waals surface area contributed by atoms with Crippen molar-refractivity contribution in [1.29, 1.82) is 0 Å². The molecular formula is C61H117NO13. The molecule has 2 rings (SSSR count). The third-order valence-electron chi connectivity index (χ3n) is 15.7. The van der Waals surface area contributed by atoms with Gasteiger partial charge in [0.2, 0.25) is 5.91 Å². The van der Waals surface area contributed by atoms with Gasteiger partial charge in [-0.05, 0) is 19.3 Å². The number of unbranched alkanes of at least 4 members (excludes halogenated alkanes) is 38. The highest BCUT2D eigenvalue weighted by molar-refractivity contribution is 5.76. The summed E-state index contributed by atoms with van der Waals surface area (Å²) in [6, 6.07) is -0.907. The topological polar surface area (TPSA) is 228 Å². The molecule has 12 unspecified atom stereocenters. The van der Waals surface area contributed by atoms with Crippen molar-refractivity contribution in [2.75, 3.05) is 19.8 Å². The highest BCUT2D eigenvalue weighted by atomic mass is 16.7. The quantitative estimate of drug-likeness (QED) is 0.0204. The SMILES string of the molecule is CCCCCCCC/C=C/C(O)C(COC1OC(CO)C(OC2OC(CO)C(O)C(O)C2O)C(O)C1O)NC(=O)CCCCCCCCCCCCCCCCCCCCCCCCCCCCCCCCCCC. The standard InChI is InChI=1S/C61H117NO13/c1-3-5-7-9-11-13-14-15-16-17-18-19-20-21-22-23-24-25-26-27-28-29-30-31-32-33-34-35-36-37-39-41-43-45-53(66)62-49(50(65)44-42-40-38-12-10-8-6-4-2)48-72-60-58(71)56(69)59(52(47-64)74-60)75-61-57(70)55(68)54(67)51(46-63)73-61/h42,44,49-52,54-61,63-65,67-71H,3-41,43,45-48H2,1-2H3,(H,62,66)/b44-42+. The minimum atomic E-state index is -1.78. The van der Waals surface area contributed by atoms with Crippen LogP contribution in [0.3, 0.4) is 0 Å². The molecule has 0 bridgehead atoms. The number of hydrogen-bond donors (Lipinski definition) is 9. The number of nitrogens with one attached hydrogen (secondary N) is 1. The zero-order valence-electron chi connectivity index (χ0n) is 47.8. The maximum atomic E-state index is 13.2. The second kappa shape index (κ2) is 47.5. The zero-order chi connectivity index (χ0) is 54.6. The van der Waals surface area contributed by atoms with Crippen molar-refractivity contribution in [1.82, 2.24) is 5.32 Å². The van der Waals surface area contributed by atoms with Crippen molar-refractivity contribution >= 4 is 5.91 Å². The fraction of sp³-hybridized carbons (Fsp3) is 0.951. The van der Waals surface area contributed by atoms with Crippen LogP contribution in [0.4, 0.5) is 0 Å². The van der Waals surface area contributed by atoms with E-state index in [1.807, 2.05) is 6.08 Å². The molecule has 0 aromatic heterocycles. The van der Waals surface area contributed by atoms with Crippen LogP contribution < -0.4 is 5.32 Å². The minimum absolute atomic E-state index is 0.237. The summed E-state index contributed by atoms with van der Waals surface area (Å²) < 4.78 is 22.7. The average Bonchev–Trinajstić information content (AvgIpc) is 3.41. The third-order valence-corrected chi connectivity index (χ3v) is 15.7. The van der Waals surface area contributed by atoms with E-state index in [1.54, 1.807) is 6.08 Å². The van der Waals surface area contributed by atoms with Crippen LogP contribution in [0.5, 0.6) is 0 Å². The van der Waals surface area contributed by atoms with Crippen molar-refractivity contribution in [2.45, 2.75) is 351 Å². The highest BCUT2D eigenvalue weighted by Gasteiger charge is 2.51. The first-order valence-corrected chi connectivity index (χ1v) is 31.4. The molecule has 0 aromatic rings. The first-order valence-electron chi connectivity index (χ1n) is 31.4. The summed E-state index contributed by atoms with van der Waals surface area (Å²) in [6.45, 7) is 2.77. The maximum absolute atomic E-state index is 13.2. The normalized spacial score (nSPS) is 25.0. The number of rotatable bonds is 51. The predicted molar refractivity (Wildman–Crippen MR) is 300 cm³/mol. The second-order valence-electron chi connectivity index (χ2n) is 22.6. The number of amides is 1. The lowest BCUT2D eigenvalue weighted by Crippen LogP contribution is -2.65. The molecule has 2 fully saturated rings. The molecule has 2 heterocycles. The Morgan fingerprint density at radius 1 is 0.467 bits per heavy atom. The van der Waals surface area contributed by atoms with Gasteiger partial charge in [0.15, 0.2) is 12.6 Å². The molecule has 1 amide bonds. The van der Waals surface area contributed by atoms with Gasteiger partial charge in [-0.3, -0.25) is 4.79 Å². The Hall–Kier alpha value is -1.27. The lowest BCUT2D eigenvalue weighted by atomic mass is 9.97. The van der Waals surface area contributed by atoms with Crippen molar-refractivity contribution in [2.24, 2.45) is 0 Å². The van der Waals surface area contributed by atoms with Crippen LogP contribution in [-0.2, 0) is 23.7 Å². The molecule has 2 aliphatic rings. The number of hydrogen-bond acceptors (Lipinski definition) is 13. The fourth-order valence-corrected chi connectivity index (χ4v) is 10.6. The van der Waals surface area contributed by atoms with E-state index in [-0.39, 0.29) is 18.9 Å². The molecule has 0 radical (unpaired) electrons. The summed E-state index contributed by atoms with van der Waals surface area (Å²) in [5, 5.41) is 86.7. The van der Waals surface area contributed by atoms with Crippen LogP contribution >= 0.6 is 0 Å². The van der Waals surface area contributed by atoms with Gasteiger partial charge in [-0.25, -0.2) is 0 Å². The lowest BCUT2D eigenvalue weighted by molar-refractivity contribution is -0.359. The first kappa shape index (κ1) is 69.8. The Labute approximate surface area is 456 Å². The molecule has 2 saturated heterocycles. The van der Waals surface area contributed by atoms with Crippen molar-refractivity contribution in [3.05, 3.63) is 12.2 Å². The number of carbonyl (C=O) groups excluding carboxylic acids is 1. The molecule has 14 nitrogen and oxygen atoms in total. The second-order valence-corrected chi connectivity index (χ2v) is 22.6. The first-order chi connectivity index (χ1) is 36.6. The van der Waals surface area contributed by atoms with E-state index in [0.29, 0.717) is 6.42 Å². The van der Waals surface area contributed by atoms with Gasteiger partial charge in [0, 0.05) is 6.42 Å². The van der Waals surface area contributed by atoms with E-state index in [4.69, 9.17) is 18.9 Å². The zero-order valence-corrected chi connectivity index (χ0v) is 47.8. The minimum Gasteiger partial charge on any atom is -0.394 e. The third kappa shape index (κ3) is 33.2. The summed E-state index contributed by atoms with van der Waals surface area (Å²) >= 11 is 0. The van der Waals surface area contributed by atoms with Crippen LogP contribution in [0, 0.1) is 0 Å². The van der Waals surface area contributed by atoms with Gasteiger partial charge >= 0.3 is 0 Å². The van der Waals surface area contributed by atoms with Gasteiger partial charge in [-0.2, -0.15) is 0 Å². The van der Waals surface area contributed by atoms with Gasteiger partial charge in [-0.15, -0.1) is 0 Å². The summed E-state index contributed by atoms with van der Waals surface area (Å²) in [5.41, 5.74) is 0. The van der Waals surface area contributed by atoms with E-state index < -0.39 is 86.8 Å². The smallest absolute Gasteiger partial charge is 0.220 e. The van der Waals surface area contributed by atoms with E-state index in [0.717, 1.165) is 44.9 Å². The highest BCUT2D eigenvalue weighted by Crippen LogP contribution is 2.30. The predicted octanol–water partition coefficient (Wildman–Crippen LogP) is 11.1. The van der Waals surface area contributed by atoms with Crippen LogP contribution in [0.2, 0.25) is 0 Å². The number of ether oxygens (including phenoxy) is 4. The summed E-state index contributed by atoms with van der Waals surface area (Å²) in [7, 11) is 0. The number of aliphatic hydroxyl groups is 8. The van der Waals surface area contributed by atoms with Gasteiger partial charge in [-0.1, -0.05) is 264 Å². The maximum Gasteiger partial charge on any atom is 0.220 e. The van der Waals surface area contributed by atoms with E-state index in [2.05, 4.69) is 19.2 Å². The molecule has 9 N–H and O–H groups in total. The molecule has 2 aliphatic heterocycles. The number of allylic oxidation sites excluding steroid dienone is 1. The van der Waals surface area contributed by atoms with Crippen molar-refractivity contribution in [3.8, 4) is 0 Å². The Bertz CT molecular complexity index is 1310. The molecule has 0 saturated carbocycles. The molecule has 444 valence electrons. The van der Waals surface area contributed by atoms with Crippen LogP contribution in [-0.4, -0.2) is 140 Å². The van der Waals surface area contributed by atoms with Crippen molar-refractivity contribution < 1.29 is 64.6 Å². The van der Waals surface area contributed by atoms with Gasteiger partial charge in [0.1, 0.15) is 48.8 Å². The van der Waals surface area contributed by atoms with Crippen LogP contribution in [0.25, 0.3) is 0 Å². The Balaban J connectivity index is 1.56. The number of aliphatic hydroxyl groups excluding tert-OH is 8. The van der Waals surface area contributed by atoms with E-state index >= 15 is 0 Å². The van der Waals surface area contributed by atoms with E-state index in [9.17, 15) is 45.6 Å². The Morgan fingerprint density at radius 3 is 1.23 bits per heavy atom. The molecule has 0 aromatic carbocycles. The van der Waals surface area contributed by atoms with Crippen LogP contribution in [0.15, 0.2) is 12.2 Å². The molecule has 12 atom stereocenters. The molecule has 75 heavy (non-hydrogen) atoms.